The van der Waals surface area contributed by atoms with Crippen molar-refractivity contribution in [2.75, 3.05) is 6.54 Å². The van der Waals surface area contributed by atoms with E-state index in [0.29, 0.717) is 5.56 Å². The van der Waals surface area contributed by atoms with Crippen LogP contribution in [0.3, 0.4) is 0 Å². The third-order valence-corrected chi connectivity index (χ3v) is 5.68. The third kappa shape index (κ3) is 6.83. The predicted molar refractivity (Wildman–Crippen MR) is 132 cm³/mol. The normalized spacial score (nSPS) is 13.4. The Hall–Kier alpha value is -4.38. The quantitative estimate of drug-likeness (QED) is 0.198. The molecule has 0 radical (unpaired) electrons. The molecule has 0 fully saturated rings. The monoisotopic (exact) mass is 495 g/mol. The number of amides is 3. The van der Waals surface area contributed by atoms with E-state index in [-0.39, 0.29) is 25.1 Å². The van der Waals surface area contributed by atoms with Gasteiger partial charge in [0, 0.05) is 29.9 Å². The lowest BCUT2D eigenvalue weighted by molar-refractivity contribution is -0.142. The van der Waals surface area contributed by atoms with Gasteiger partial charge in [-0.15, -0.1) is 0 Å². The number of aromatic nitrogens is 1. The Morgan fingerprint density at radius 2 is 1.61 bits per heavy atom. The molecule has 0 aliphatic rings. The van der Waals surface area contributed by atoms with Gasteiger partial charge in [-0.05, 0) is 36.2 Å². The molecular formula is C25H29N5O6. The fourth-order valence-electron chi connectivity index (χ4n) is 3.73. The predicted octanol–water partition coefficient (Wildman–Crippen LogP) is 0.176. The number of aromatic hydroxyl groups is 1. The van der Waals surface area contributed by atoms with Crippen LogP contribution in [0.15, 0.2) is 54.7 Å². The number of H-pyrrole nitrogens is 1. The van der Waals surface area contributed by atoms with Crippen LogP contribution >= 0.6 is 0 Å². The molecule has 0 aliphatic carbocycles. The number of phenolic OH excluding ortho intramolecular Hbond substituents is 1. The maximum Gasteiger partial charge on any atom is 0.326 e. The van der Waals surface area contributed by atoms with Gasteiger partial charge in [0.15, 0.2) is 0 Å². The van der Waals surface area contributed by atoms with E-state index < -0.39 is 41.8 Å². The third-order valence-electron chi connectivity index (χ3n) is 5.68. The van der Waals surface area contributed by atoms with Crippen LogP contribution in [-0.2, 0) is 32.0 Å². The number of phenols is 1. The van der Waals surface area contributed by atoms with Crippen LogP contribution in [0.4, 0.5) is 0 Å². The number of carbonyl (C=O) groups is 4. The zero-order valence-corrected chi connectivity index (χ0v) is 19.7. The van der Waals surface area contributed by atoms with Gasteiger partial charge in [0.05, 0.1) is 6.54 Å². The number of aromatic amines is 1. The highest BCUT2D eigenvalue weighted by Crippen LogP contribution is 2.19. The van der Waals surface area contributed by atoms with Crippen molar-refractivity contribution in [1.82, 2.24) is 20.9 Å². The summed E-state index contributed by atoms with van der Waals surface area (Å²) >= 11 is 0. The van der Waals surface area contributed by atoms with Crippen LogP contribution in [0.1, 0.15) is 18.1 Å². The Morgan fingerprint density at radius 3 is 2.28 bits per heavy atom. The van der Waals surface area contributed by atoms with Crippen LogP contribution in [0.5, 0.6) is 5.75 Å². The summed E-state index contributed by atoms with van der Waals surface area (Å²) in [5.41, 5.74) is 7.67. The van der Waals surface area contributed by atoms with Crippen LogP contribution in [0.2, 0.25) is 0 Å². The molecule has 1 heterocycles. The van der Waals surface area contributed by atoms with Crippen LogP contribution < -0.4 is 21.7 Å². The van der Waals surface area contributed by atoms with E-state index in [4.69, 9.17) is 5.73 Å². The summed E-state index contributed by atoms with van der Waals surface area (Å²) < 4.78 is 0. The number of hydrogen-bond donors (Lipinski definition) is 7. The molecule has 190 valence electrons. The maximum absolute atomic E-state index is 13.0. The fourth-order valence-corrected chi connectivity index (χ4v) is 3.73. The zero-order chi connectivity index (χ0) is 26.2. The fraction of sp³-hybridized carbons (Fsp3) is 0.280. The highest BCUT2D eigenvalue weighted by molar-refractivity contribution is 5.94. The minimum absolute atomic E-state index is 0.0161. The molecule has 0 aliphatic heterocycles. The minimum Gasteiger partial charge on any atom is -0.508 e. The van der Waals surface area contributed by atoms with E-state index in [0.717, 1.165) is 16.5 Å². The lowest BCUT2D eigenvalue weighted by Crippen LogP contribution is -2.56. The van der Waals surface area contributed by atoms with Gasteiger partial charge < -0.3 is 36.9 Å². The van der Waals surface area contributed by atoms with Gasteiger partial charge in [0.25, 0.3) is 0 Å². The number of nitrogens with two attached hydrogens (primary N) is 1. The summed E-state index contributed by atoms with van der Waals surface area (Å²) in [5.74, 6) is -3.06. The number of carboxylic acid groups (broad SMARTS) is 1. The molecule has 1 aromatic heterocycles. The summed E-state index contributed by atoms with van der Waals surface area (Å²) in [6, 6.07) is 10.1. The van der Waals surface area contributed by atoms with Crippen molar-refractivity contribution < 1.29 is 29.4 Å². The van der Waals surface area contributed by atoms with Crippen molar-refractivity contribution >= 4 is 34.6 Å². The van der Waals surface area contributed by atoms with Crippen molar-refractivity contribution in [3.63, 3.8) is 0 Å². The van der Waals surface area contributed by atoms with Gasteiger partial charge >= 0.3 is 5.97 Å². The van der Waals surface area contributed by atoms with Crippen molar-refractivity contribution in [3.05, 3.63) is 65.9 Å². The molecule has 3 amide bonds. The molecule has 3 unspecified atom stereocenters. The number of carbonyl (C=O) groups excluding carboxylic acids is 3. The van der Waals surface area contributed by atoms with Crippen LogP contribution in [0.25, 0.3) is 10.9 Å². The van der Waals surface area contributed by atoms with E-state index in [2.05, 4.69) is 20.9 Å². The second-order valence-electron chi connectivity index (χ2n) is 8.39. The molecular weight excluding hydrogens is 466 g/mol. The minimum atomic E-state index is -1.25. The Bertz CT molecular complexity index is 1240. The molecule has 0 saturated heterocycles. The molecule has 11 nitrogen and oxygen atoms in total. The molecule has 3 atom stereocenters. The van der Waals surface area contributed by atoms with E-state index in [1.165, 1.54) is 19.1 Å². The van der Waals surface area contributed by atoms with E-state index in [1.807, 2.05) is 24.3 Å². The Kier molecular flexibility index (Phi) is 8.63. The SMILES string of the molecule is CC(NC(=O)C(Cc1c[nH]c2ccccc12)NC(=O)CN)C(=O)NC(Cc1ccc(O)cc1)C(=O)O. The number of para-hydroxylation sites is 1. The average Bonchev–Trinajstić information content (AvgIpc) is 3.26. The second-order valence-corrected chi connectivity index (χ2v) is 8.39. The molecule has 2 aromatic carbocycles. The maximum atomic E-state index is 13.0. The van der Waals surface area contributed by atoms with Gasteiger partial charge in [0.1, 0.15) is 23.9 Å². The number of carboxylic acids is 1. The molecule has 0 saturated carbocycles. The molecule has 0 spiro atoms. The Labute approximate surface area is 207 Å². The first-order chi connectivity index (χ1) is 17.2. The van der Waals surface area contributed by atoms with E-state index in [9.17, 15) is 29.4 Å². The molecule has 0 bridgehead atoms. The smallest absolute Gasteiger partial charge is 0.326 e. The summed E-state index contributed by atoms with van der Waals surface area (Å²) in [5, 5.41) is 27.3. The number of fused-ring (bicyclic) bond motifs is 1. The Balaban J connectivity index is 1.67. The molecule has 36 heavy (non-hydrogen) atoms. The van der Waals surface area contributed by atoms with Gasteiger partial charge in [-0.25, -0.2) is 4.79 Å². The lowest BCUT2D eigenvalue weighted by atomic mass is 10.0. The second kappa shape index (κ2) is 11.8. The first-order valence-corrected chi connectivity index (χ1v) is 11.3. The van der Waals surface area contributed by atoms with Crippen LogP contribution in [0, 0.1) is 0 Å². The number of rotatable bonds is 11. The number of nitrogens with one attached hydrogen (secondary N) is 4. The van der Waals surface area contributed by atoms with E-state index >= 15 is 0 Å². The van der Waals surface area contributed by atoms with E-state index in [1.54, 1.807) is 18.3 Å². The van der Waals surface area contributed by atoms with Gasteiger partial charge in [-0.3, -0.25) is 14.4 Å². The van der Waals surface area contributed by atoms with Gasteiger partial charge in [-0.2, -0.15) is 0 Å². The topological polar surface area (TPSA) is 187 Å². The van der Waals surface area contributed by atoms with Gasteiger partial charge in [0.2, 0.25) is 17.7 Å². The molecule has 11 heteroatoms. The molecule has 8 N–H and O–H groups in total. The summed E-state index contributed by atoms with van der Waals surface area (Å²) in [7, 11) is 0. The number of benzene rings is 2. The molecule has 3 aromatic rings. The summed E-state index contributed by atoms with van der Waals surface area (Å²) in [4.78, 5) is 52.5. The first kappa shape index (κ1) is 26.2. The van der Waals surface area contributed by atoms with Crippen molar-refractivity contribution in [3.8, 4) is 5.75 Å². The molecule has 3 rings (SSSR count). The lowest BCUT2D eigenvalue weighted by Gasteiger charge is -2.22. The van der Waals surface area contributed by atoms with Crippen LogP contribution in [-0.4, -0.2) is 63.6 Å². The first-order valence-electron chi connectivity index (χ1n) is 11.3. The van der Waals surface area contributed by atoms with Gasteiger partial charge in [-0.1, -0.05) is 30.3 Å². The largest absolute Gasteiger partial charge is 0.508 e. The average molecular weight is 496 g/mol. The Morgan fingerprint density at radius 1 is 0.917 bits per heavy atom. The highest BCUT2D eigenvalue weighted by Gasteiger charge is 2.28. The number of aliphatic carboxylic acids is 1. The zero-order valence-electron chi connectivity index (χ0n) is 19.7. The van der Waals surface area contributed by atoms with Crippen molar-refractivity contribution in [1.29, 1.82) is 0 Å². The highest BCUT2D eigenvalue weighted by atomic mass is 16.4. The standard InChI is InChI=1S/C25H29N5O6/c1-14(23(33)30-21(25(35)36)10-15-6-8-17(31)9-7-15)28-24(34)20(29-22(32)12-26)11-16-13-27-19-5-3-2-4-18(16)19/h2-9,13-14,20-21,27,31H,10-12,26H2,1H3,(H,28,34)(H,29,32)(H,30,33)(H,35,36). The summed E-state index contributed by atoms with van der Waals surface area (Å²) in [6.45, 7) is 1.10. The number of hydrogen-bond acceptors (Lipinski definition) is 6. The summed E-state index contributed by atoms with van der Waals surface area (Å²) in [6.07, 6.45) is 1.88. The van der Waals surface area contributed by atoms with Crippen molar-refractivity contribution in [2.45, 2.75) is 37.9 Å². The van der Waals surface area contributed by atoms with Crippen molar-refractivity contribution in [2.24, 2.45) is 5.73 Å².